The number of nitrogens with zero attached hydrogens (tertiary/aromatic N) is 2. The molecule has 0 unspecified atom stereocenters. The summed E-state index contributed by atoms with van der Waals surface area (Å²) in [5.41, 5.74) is 7.97. The van der Waals surface area contributed by atoms with Gasteiger partial charge >= 0.3 is 0 Å². The Kier molecular flexibility index (Phi) is 3.62. The standard InChI is InChI=1S/C15H19N3O/c16-9-15-12(3-1-7-17-15)10-18(13-5-6-13)11-14-4-2-8-19-14/h1-4,7-8,13H,5-6,9-11,16H2. The van der Waals surface area contributed by atoms with Crippen LogP contribution in [0.15, 0.2) is 41.1 Å². The molecule has 1 aliphatic carbocycles. The number of rotatable bonds is 6. The lowest BCUT2D eigenvalue weighted by atomic mass is 10.1. The van der Waals surface area contributed by atoms with Gasteiger partial charge in [-0.15, -0.1) is 0 Å². The molecule has 0 saturated heterocycles. The average molecular weight is 257 g/mol. The molecular weight excluding hydrogens is 238 g/mol. The monoisotopic (exact) mass is 257 g/mol. The number of furan rings is 1. The Hall–Kier alpha value is -1.65. The van der Waals surface area contributed by atoms with Crippen molar-refractivity contribution in [3.05, 3.63) is 53.7 Å². The molecule has 0 spiro atoms. The van der Waals surface area contributed by atoms with Gasteiger partial charge in [-0.3, -0.25) is 9.88 Å². The van der Waals surface area contributed by atoms with Crippen molar-refractivity contribution in [2.45, 2.75) is 38.5 Å². The molecule has 1 fully saturated rings. The van der Waals surface area contributed by atoms with Crippen LogP contribution in [0.1, 0.15) is 29.9 Å². The molecule has 19 heavy (non-hydrogen) atoms. The van der Waals surface area contributed by atoms with Crippen molar-refractivity contribution >= 4 is 0 Å². The molecule has 4 nitrogen and oxygen atoms in total. The molecule has 0 aliphatic heterocycles. The number of hydrogen-bond donors (Lipinski definition) is 1. The summed E-state index contributed by atoms with van der Waals surface area (Å²) in [6, 6.07) is 8.74. The molecule has 0 bridgehead atoms. The van der Waals surface area contributed by atoms with Crippen molar-refractivity contribution in [1.29, 1.82) is 0 Å². The van der Waals surface area contributed by atoms with Crippen LogP contribution in [0.4, 0.5) is 0 Å². The summed E-state index contributed by atoms with van der Waals surface area (Å²) in [7, 11) is 0. The third kappa shape index (κ3) is 3.03. The maximum absolute atomic E-state index is 5.75. The van der Waals surface area contributed by atoms with Gasteiger partial charge in [0, 0.05) is 25.3 Å². The lowest BCUT2D eigenvalue weighted by Gasteiger charge is -2.21. The van der Waals surface area contributed by atoms with Crippen LogP contribution in [-0.4, -0.2) is 15.9 Å². The molecule has 0 radical (unpaired) electrons. The molecule has 0 atom stereocenters. The Labute approximate surface area is 113 Å². The van der Waals surface area contributed by atoms with E-state index in [1.807, 2.05) is 18.2 Å². The van der Waals surface area contributed by atoms with Gasteiger partial charge in [0.25, 0.3) is 0 Å². The normalized spacial score (nSPS) is 15.1. The second kappa shape index (κ2) is 5.55. The molecule has 100 valence electrons. The highest BCUT2D eigenvalue weighted by molar-refractivity contribution is 5.20. The van der Waals surface area contributed by atoms with Crippen LogP contribution < -0.4 is 5.73 Å². The minimum Gasteiger partial charge on any atom is -0.468 e. The highest BCUT2D eigenvalue weighted by Crippen LogP contribution is 2.30. The Morgan fingerprint density at radius 1 is 1.26 bits per heavy atom. The van der Waals surface area contributed by atoms with E-state index in [-0.39, 0.29) is 0 Å². The summed E-state index contributed by atoms with van der Waals surface area (Å²) in [4.78, 5) is 6.81. The van der Waals surface area contributed by atoms with E-state index in [2.05, 4.69) is 16.0 Å². The minimum atomic E-state index is 0.495. The maximum Gasteiger partial charge on any atom is 0.117 e. The number of aromatic nitrogens is 1. The quantitative estimate of drug-likeness (QED) is 0.862. The van der Waals surface area contributed by atoms with Crippen molar-refractivity contribution < 1.29 is 4.42 Å². The van der Waals surface area contributed by atoms with Gasteiger partial charge in [-0.25, -0.2) is 0 Å². The SMILES string of the molecule is NCc1ncccc1CN(Cc1ccco1)C1CC1. The van der Waals surface area contributed by atoms with E-state index in [4.69, 9.17) is 10.2 Å². The number of nitrogens with two attached hydrogens (primary N) is 1. The van der Waals surface area contributed by atoms with Crippen molar-refractivity contribution in [1.82, 2.24) is 9.88 Å². The molecule has 0 aromatic carbocycles. The summed E-state index contributed by atoms with van der Waals surface area (Å²) in [6.45, 7) is 2.25. The Morgan fingerprint density at radius 2 is 2.16 bits per heavy atom. The first kappa shape index (κ1) is 12.4. The predicted octanol–water partition coefficient (Wildman–Crippen LogP) is 2.30. The first-order chi connectivity index (χ1) is 9.36. The zero-order valence-corrected chi connectivity index (χ0v) is 11.0. The van der Waals surface area contributed by atoms with Gasteiger partial charge in [0.15, 0.2) is 0 Å². The Balaban J connectivity index is 1.74. The smallest absolute Gasteiger partial charge is 0.117 e. The van der Waals surface area contributed by atoms with Crippen molar-refractivity contribution in [3.8, 4) is 0 Å². The fraction of sp³-hybridized carbons (Fsp3) is 0.400. The molecule has 1 aliphatic rings. The van der Waals surface area contributed by atoms with E-state index >= 15 is 0 Å². The van der Waals surface area contributed by atoms with Gasteiger partial charge in [-0.2, -0.15) is 0 Å². The molecule has 2 N–H and O–H groups in total. The van der Waals surface area contributed by atoms with Crippen molar-refractivity contribution in [2.24, 2.45) is 5.73 Å². The van der Waals surface area contributed by atoms with Crippen LogP contribution in [0, 0.1) is 0 Å². The van der Waals surface area contributed by atoms with Crippen molar-refractivity contribution in [3.63, 3.8) is 0 Å². The molecule has 2 aromatic rings. The summed E-state index contributed by atoms with van der Waals surface area (Å²) in [5, 5.41) is 0. The molecule has 2 heterocycles. The molecular formula is C15H19N3O. The molecule has 4 heteroatoms. The van der Waals surface area contributed by atoms with E-state index in [0.717, 1.165) is 24.5 Å². The molecule has 3 rings (SSSR count). The van der Waals surface area contributed by atoms with Crippen LogP contribution in [0.2, 0.25) is 0 Å². The number of pyridine rings is 1. The van der Waals surface area contributed by atoms with Gasteiger partial charge < -0.3 is 10.2 Å². The summed E-state index contributed by atoms with van der Waals surface area (Å²) >= 11 is 0. The van der Waals surface area contributed by atoms with E-state index < -0.39 is 0 Å². The molecule has 0 amide bonds. The second-order valence-electron chi connectivity index (χ2n) is 5.03. The zero-order valence-electron chi connectivity index (χ0n) is 11.0. The first-order valence-electron chi connectivity index (χ1n) is 6.76. The third-order valence-electron chi connectivity index (χ3n) is 3.55. The van der Waals surface area contributed by atoms with Gasteiger partial charge in [-0.1, -0.05) is 6.07 Å². The van der Waals surface area contributed by atoms with Crippen LogP contribution in [-0.2, 0) is 19.6 Å². The largest absolute Gasteiger partial charge is 0.468 e. The number of hydrogen-bond acceptors (Lipinski definition) is 4. The minimum absolute atomic E-state index is 0.495. The Bertz CT molecular complexity index is 520. The maximum atomic E-state index is 5.75. The highest BCUT2D eigenvalue weighted by Gasteiger charge is 2.29. The summed E-state index contributed by atoms with van der Waals surface area (Å²) in [6.07, 6.45) is 6.09. The van der Waals surface area contributed by atoms with Crippen LogP contribution in [0.25, 0.3) is 0 Å². The van der Waals surface area contributed by atoms with Gasteiger partial charge in [0.05, 0.1) is 18.5 Å². The lowest BCUT2D eigenvalue weighted by molar-refractivity contribution is 0.224. The topological polar surface area (TPSA) is 55.3 Å². The van der Waals surface area contributed by atoms with E-state index in [1.165, 1.54) is 18.4 Å². The van der Waals surface area contributed by atoms with Gasteiger partial charge in [0.2, 0.25) is 0 Å². The van der Waals surface area contributed by atoms with Crippen LogP contribution in [0.5, 0.6) is 0 Å². The molecule has 1 saturated carbocycles. The predicted molar refractivity (Wildman–Crippen MR) is 73.1 cm³/mol. The van der Waals surface area contributed by atoms with E-state index in [9.17, 15) is 0 Å². The van der Waals surface area contributed by atoms with Gasteiger partial charge in [-0.05, 0) is 36.6 Å². The summed E-state index contributed by atoms with van der Waals surface area (Å²) < 4.78 is 5.45. The van der Waals surface area contributed by atoms with Gasteiger partial charge in [0.1, 0.15) is 5.76 Å². The second-order valence-corrected chi connectivity index (χ2v) is 5.03. The van der Waals surface area contributed by atoms with Crippen molar-refractivity contribution in [2.75, 3.05) is 0 Å². The van der Waals surface area contributed by atoms with E-state index in [1.54, 1.807) is 12.5 Å². The molecule has 2 aromatic heterocycles. The fourth-order valence-corrected chi connectivity index (χ4v) is 2.37. The zero-order chi connectivity index (χ0) is 13.1. The average Bonchev–Trinajstić information content (AvgIpc) is 3.17. The third-order valence-corrected chi connectivity index (χ3v) is 3.55. The highest BCUT2D eigenvalue weighted by atomic mass is 16.3. The van der Waals surface area contributed by atoms with Crippen LogP contribution >= 0.6 is 0 Å². The first-order valence-corrected chi connectivity index (χ1v) is 6.76. The van der Waals surface area contributed by atoms with E-state index in [0.29, 0.717) is 12.6 Å². The lowest BCUT2D eigenvalue weighted by Crippen LogP contribution is -2.26. The summed E-state index contributed by atoms with van der Waals surface area (Å²) in [5.74, 6) is 1.02. The Morgan fingerprint density at radius 3 is 2.84 bits per heavy atom. The van der Waals surface area contributed by atoms with Crippen LogP contribution in [0.3, 0.4) is 0 Å². The fourth-order valence-electron chi connectivity index (χ4n) is 2.37.